The maximum atomic E-state index is 14.8. The average molecular weight is 619 g/mol. The van der Waals surface area contributed by atoms with Crippen molar-refractivity contribution in [3.8, 4) is 39.5 Å². The van der Waals surface area contributed by atoms with Crippen LogP contribution in [0, 0.1) is 11.2 Å². The fourth-order valence-electron chi connectivity index (χ4n) is 5.72. The van der Waals surface area contributed by atoms with Crippen LogP contribution in [0.3, 0.4) is 0 Å². The Morgan fingerprint density at radius 2 is 1.87 bits per heavy atom. The van der Waals surface area contributed by atoms with Gasteiger partial charge in [0.2, 0.25) is 5.91 Å². The summed E-state index contributed by atoms with van der Waals surface area (Å²) >= 11 is 0. The Hall–Kier alpha value is -5.16. The molecule has 0 bridgehead atoms. The Morgan fingerprint density at radius 3 is 2.70 bits per heavy atom. The molecule has 5 heterocycles. The highest BCUT2D eigenvalue weighted by atomic mass is 19.1. The molecule has 10 nitrogen and oxygen atoms in total. The van der Waals surface area contributed by atoms with E-state index in [1.54, 1.807) is 18.6 Å². The number of benzene rings is 2. The van der Waals surface area contributed by atoms with Gasteiger partial charge in [-0.1, -0.05) is 26.8 Å². The largest absolute Gasteiger partial charge is 0.492 e. The lowest BCUT2D eigenvalue weighted by Crippen LogP contribution is -2.27. The second-order valence-electron chi connectivity index (χ2n) is 12.7. The molecule has 0 spiro atoms. The van der Waals surface area contributed by atoms with Gasteiger partial charge >= 0.3 is 0 Å². The number of nitrogens with one attached hydrogen (secondary N) is 3. The van der Waals surface area contributed by atoms with E-state index in [4.69, 9.17) is 9.72 Å². The molecule has 1 amide bonds. The number of likely N-dealkylation sites (tertiary alicyclic amines) is 1. The third kappa shape index (κ3) is 6.05. The van der Waals surface area contributed by atoms with E-state index in [9.17, 15) is 9.18 Å². The minimum absolute atomic E-state index is 0.0867. The van der Waals surface area contributed by atoms with Gasteiger partial charge in [0.25, 0.3) is 0 Å². The lowest BCUT2D eigenvalue weighted by atomic mass is 9.95. The SMILES string of the molecule is CC(C)(C)C(=O)Nc1cncc(-c2ccc3[nH]nc(-c4nc5nccc(-c6cc(F)cc(OCCN7CCCC7)c6)c5[nH]4)c3c2)c1. The number of aromatic amines is 2. The number of nitrogens with zero attached hydrogens (tertiary/aromatic N) is 5. The Morgan fingerprint density at radius 1 is 1.02 bits per heavy atom. The number of halogens is 1. The molecule has 4 aromatic heterocycles. The summed E-state index contributed by atoms with van der Waals surface area (Å²) in [6, 6.07) is 14.4. The Labute approximate surface area is 265 Å². The van der Waals surface area contributed by atoms with Crippen molar-refractivity contribution < 1.29 is 13.9 Å². The second kappa shape index (κ2) is 12.0. The Balaban J connectivity index is 1.19. The van der Waals surface area contributed by atoms with Gasteiger partial charge in [-0.05, 0) is 73.5 Å². The van der Waals surface area contributed by atoms with Crippen molar-refractivity contribution in [1.82, 2.24) is 35.0 Å². The van der Waals surface area contributed by atoms with Gasteiger partial charge in [-0.2, -0.15) is 5.10 Å². The maximum absolute atomic E-state index is 14.8. The zero-order valence-corrected chi connectivity index (χ0v) is 26.0. The molecule has 46 heavy (non-hydrogen) atoms. The van der Waals surface area contributed by atoms with Crippen LogP contribution in [0.2, 0.25) is 0 Å². The van der Waals surface area contributed by atoms with Crippen LogP contribution >= 0.6 is 0 Å². The first kappa shape index (κ1) is 29.5. The fraction of sp³-hybridized carbons (Fsp3) is 0.286. The molecule has 11 heteroatoms. The number of amides is 1. The molecule has 1 aliphatic rings. The van der Waals surface area contributed by atoms with Crippen LogP contribution in [0.5, 0.6) is 5.75 Å². The number of carbonyl (C=O) groups is 1. The van der Waals surface area contributed by atoms with Gasteiger partial charge < -0.3 is 15.0 Å². The van der Waals surface area contributed by atoms with Crippen molar-refractivity contribution in [3.05, 3.63) is 72.9 Å². The summed E-state index contributed by atoms with van der Waals surface area (Å²) in [6.45, 7) is 9.10. The predicted molar refractivity (Wildman–Crippen MR) is 177 cm³/mol. The molecule has 0 aliphatic carbocycles. The average Bonchev–Trinajstić information content (AvgIpc) is 3.80. The minimum Gasteiger partial charge on any atom is -0.492 e. The second-order valence-corrected chi connectivity index (χ2v) is 12.7. The molecule has 7 rings (SSSR count). The summed E-state index contributed by atoms with van der Waals surface area (Å²) in [5.41, 5.74) is 5.89. The molecule has 2 aromatic carbocycles. The first-order valence-electron chi connectivity index (χ1n) is 15.5. The van der Waals surface area contributed by atoms with Gasteiger partial charge in [0.15, 0.2) is 11.5 Å². The third-order valence-corrected chi connectivity index (χ3v) is 8.25. The summed E-state index contributed by atoms with van der Waals surface area (Å²) in [7, 11) is 0. The lowest BCUT2D eigenvalue weighted by molar-refractivity contribution is -0.123. The molecular weight excluding hydrogens is 583 g/mol. The number of hydrogen-bond donors (Lipinski definition) is 3. The van der Waals surface area contributed by atoms with Gasteiger partial charge in [0.1, 0.15) is 23.9 Å². The molecule has 3 N–H and O–H groups in total. The van der Waals surface area contributed by atoms with E-state index in [2.05, 4.69) is 35.4 Å². The highest BCUT2D eigenvalue weighted by molar-refractivity contribution is 5.98. The van der Waals surface area contributed by atoms with Crippen molar-refractivity contribution in [3.63, 3.8) is 0 Å². The number of anilines is 1. The van der Waals surface area contributed by atoms with Crippen molar-refractivity contribution in [1.29, 1.82) is 0 Å². The molecule has 1 fully saturated rings. The number of imidazole rings is 1. The number of H-pyrrole nitrogens is 2. The molecule has 6 aromatic rings. The van der Waals surface area contributed by atoms with E-state index in [-0.39, 0.29) is 11.7 Å². The number of fused-ring (bicyclic) bond motifs is 2. The quantitative estimate of drug-likeness (QED) is 0.171. The predicted octanol–water partition coefficient (Wildman–Crippen LogP) is 6.83. The number of pyridine rings is 2. The highest BCUT2D eigenvalue weighted by Gasteiger charge is 2.22. The highest BCUT2D eigenvalue weighted by Crippen LogP contribution is 2.34. The summed E-state index contributed by atoms with van der Waals surface area (Å²) < 4.78 is 20.8. The van der Waals surface area contributed by atoms with Crippen LogP contribution in [0.15, 0.2) is 67.1 Å². The number of ether oxygens (including phenoxy) is 1. The van der Waals surface area contributed by atoms with E-state index in [1.165, 1.54) is 25.0 Å². The van der Waals surface area contributed by atoms with Crippen molar-refractivity contribution >= 4 is 33.7 Å². The third-order valence-electron chi connectivity index (χ3n) is 8.25. The summed E-state index contributed by atoms with van der Waals surface area (Å²) in [6.07, 6.45) is 7.49. The lowest BCUT2D eigenvalue weighted by Gasteiger charge is -2.17. The fourth-order valence-corrected chi connectivity index (χ4v) is 5.72. The van der Waals surface area contributed by atoms with Crippen LogP contribution < -0.4 is 10.1 Å². The molecule has 0 atom stereocenters. The van der Waals surface area contributed by atoms with E-state index >= 15 is 0 Å². The van der Waals surface area contributed by atoms with Crippen LogP contribution in [0.4, 0.5) is 10.1 Å². The zero-order chi connectivity index (χ0) is 31.8. The molecule has 1 saturated heterocycles. The van der Waals surface area contributed by atoms with Crippen LogP contribution in [0.1, 0.15) is 33.6 Å². The molecule has 0 saturated carbocycles. The number of hydrogen-bond acceptors (Lipinski definition) is 7. The maximum Gasteiger partial charge on any atom is 0.229 e. The molecular formula is C35H35FN8O2. The first-order valence-corrected chi connectivity index (χ1v) is 15.5. The molecule has 234 valence electrons. The number of rotatable bonds is 8. The monoisotopic (exact) mass is 618 g/mol. The van der Waals surface area contributed by atoms with E-state index < -0.39 is 5.41 Å². The zero-order valence-electron chi connectivity index (χ0n) is 26.0. The number of carbonyl (C=O) groups excluding carboxylic acids is 1. The Bertz CT molecular complexity index is 2060. The Kier molecular flexibility index (Phi) is 7.69. The smallest absolute Gasteiger partial charge is 0.229 e. The summed E-state index contributed by atoms with van der Waals surface area (Å²) in [5, 5.41) is 11.5. The molecule has 0 unspecified atom stereocenters. The van der Waals surface area contributed by atoms with Gasteiger partial charge in [-0.3, -0.25) is 19.8 Å². The van der Waals surface area contributed by atoms with Crippen molar-refractivity contribution in [2.24, 2.45) is 5.41 Å². The standard InChI is InChI=1S/C35H35FN8O2/c1-35(2,3)34(45)39-25-15-23(19-37-20-25)21-6-7-29-28(17-21)31(43-42-29)33-40-30-27(8-9-38-32(30)41-33)22-14-24(36)18-26(16-22)46-13-12-44-10-4-5-11-44/h6-9,14-20H,4-5,10-13H2,1-3H3,(H,39,45)(H,42,43)(H,38,40,41). The molecule has 1 aliphatic heterocycles. The van der Waals surface area contributed by atoms with Crippen LogP contribution in [-0.4, -0.2) is 67.2 Å². The summed E-state index contributed by atoms with van der Waals surface area (Å²) in [4.78, 5) is 31.9. The van der Waals surface area contributed by atoms with Gasteiger partial charge in [-0.25, -0.2) is 14.4 Å². The first-order chi connectivity index (χ1) is 22.2. The minimum atomic E-state index is -0.528. The van der Waals surface area contributed by atoms with Gasteiger partial charge in [0.05, 0.1) is 22.9 Å². The van der Waals surface area contributed by atoms with Crippen molar-refractivity contribution in [2.75, 3.05) is 31.6 Å². The van der Waals surface area contributed by atoms with Crippen LogP contribution in [-0.2, 0) is 4.79 Å². The molecule has 0 radical (unpaired) electrons. The van der Waals surface area contributed by atoms with E-state index in [0.717, 1.165) is 47.2 Å². The van der Waals surface area contributed by atoms with Gasteiger partial charge in [0, 0.05) is 46.9 Å². The normalized spacial score (nSPS) is 13.9. The topological polar surface area (TPSA) is 125 Å². The van der Waals surface area contributed by atoms with Gasteiger partial charge in [-0.15, -0.1) is 0 Å². The number of aromatic nitrogens is 6. The van der Waals surface area contributed by atoms with Crippen molar-refractivity contribution in [2.45, 2.75) is 33.6 Å². The summed E-state index contributed by atoms with van der Waals surface area (Å²) in [5.74, 6) is 0.555. The van der Waals surface area contributed by atoms with E-state index in [1.807, 2.05) is 57.2 Å². The van der Waals surface area contributed by atoms with Crippen LogP contribution in [0.25, 0.3) is 55.8 Å². The van der Waals surface area contributed by atoms with E-state index in [0.29, 0.717) is 46.3 Å².